The van der Waals surface area contributed by atoms with Crippen molar-refractivity contribution in [3.05, 3.63) is 16.1 Å². The summed E-state index contributed by atoms with van der Waals surface area (Å²) >= 11 is 1.87. The van der Waals surface area contributed by atoms with E-state index in [1.54, 1.807) is 0 Å². The SMILES string of the molecule is Cc1csc(C2CCCCC(C)(C)CCC2)n1. The Hall–Kier alpha value is -0.370. The first-order valence-electron chi connectivity index (χ1n) is 6.99. The molecular formula is C15H25NS. The molecule has 96 valence electrons. The number of nitrogens with zero attached hydrogens (tertiary/aromatic N) is 1. The van der Waals surface area contributed by atoms with E-state index in [0.29, 0.717) is 5.41 Å². The number of aryl methyl sites for hydroxylation is 1. The lowest BCUT2D eigenvalue weighted by Crippen LogP contribution is -2.10. The van der Waals surface area contributed by atoms with Gasteiger partial charge in [-0.3, -0.25) is 0 Å². The van der Waals surface area contributed by atoms with Crippen molar-refractivity contribution < 1.29 is 0 Å². The molecule has 1 aliphatic rings. The molecule has 17 heavy (non-hydrogen) atoms. The fourth-order valence-corrected chi connectivity index (χ4v) is 3.87. The summed E-state index contributed by atoms with van der Waals surface area (Å²) in [4.78, 5) is 4.69. The van der Waals surface area contributed by atoms with Crippen LogP contribution < -0.4 is 0 Å². The van der Waals surface area contributed by atoms with Crippen LogP contribution in [0.15, 0.2) is 5.38 Å². The second-order valence-corrected chi connectivity index (χ2v) is 7.22. The fourth-order valence-electron chi connectivity index (χ4n) is 2.90. The normalized spacial score (nSPS) is 25.9. The molecule has 1 unspecified atom stereocenters. The molecule has 1 aromatic rings. The van der Waals surface area contributed by atoms with Gasteiger partial charge in [0.25, 0.3) is 0 Å². The molecule has 0 radical (unpaired) electrons. The predicted molar refractivity (Wildman–Crippen MR) is 75.7 cm³/mol. The standard InChI is InChI=1S/C15H25NS/c1-12-11-17-14(16-12)13-7-4-5-9-15(2,3)10-6-8-13/h11,13H,4-10H2,1-3H3. The van der Waals surface area contributed by atoms with E-state index in [9.17, 15) is 0 Å². The highest BCUT2D eigenvalue weighted by Crippen LogP contribution is 2.37. The van der Waals surface area contributed by atoms with E-state index < -0.39 is 0 Å². The van der Waals surface area contributed by atoms with Gasteiger partial charge < -0.3 is 0 Å². The van der Waals surface area contributed by atoms with Crippen molar-refractivity contribution in [3.63, 3.8) is 0 Å². The molecule has 1 atom stereocenters. The minimum atomic E-state index is 0.563. The molecule has 1 aliphatic carbocycles. The fraction of sp³-hybridized carbons (Fsp3) is 0.800. The van der Waals surface area contributed by atoms with Crippen LogP contribution in [-0.2, 0) is 0 Å². The minimum Gasteiger partial charge on any atom is -0.246 e. The number of thiazole rings is 1. The highest BCUT2D eigenvalue weighted by Gasteiger charge is 2.22. The second kappa shape index (κ2) is 5.51. The molecule has 0 bridgehead atoms. The molecule has 1 heterocycles. The van der Waals surface area contributed by atoms with Gasteiger partial charge in [-0.25, -0.2) is 4.98 Å². The third kappa shape index (κ3) is 3.80. The molecule has 0 N–H and O–H groups in total. The number of rotatable bonds is 1. The van der Waals surface area contributed by atoms with Crippen molar-refractivity contribution >= 4 is 11.3 Å². The van der Waals surface area contributed by atoms with Gasteiger partial charge in [-0.15, -0.1) is 11.3 Å². The van der Waals surface area contributed by atoms with Crippen LogP contribution in [0.3, 0.4) is 0 Å². The summed E-state index contributed by atoms with van der Waals surface area (Å²) in [7, 11) is 0. The Labute approximate surface area is 110 Å². The Morgan fingerprint density at radius 3 is 2.59 bits per heavy atom. The van der Waals surface area contributed by atoms with Gasteiger partial charge in [-0.2, -0.15) is 0 Å². The Balaban J connectivity index is 2.00. The zero-order chi connectivity index (χ0) is 12.3. The predicted octanol–water partition coefficient (Wildman–Crippen LogP) is 5.31. The topological polar surface area (TPSA) is 12.9 Å². The molecule has 2 heteroatoms. The Kier molecular flexibility index (Phi) is 4.24. The van der Waals surface area contributed by atoms with Gasteiger partial charge in [0.2, 0.25) is 0 Å². The third-order valence-electron chi connectivity index (χ3n) is 4.05. The molecule has 2 rings (SSSR count). The van der Waals surface area contributed by atoms with E-state index in [0.717, 1.165) is 5.92 Å². The van der Waals surface area contributed by atoms with Gasteiger partial charge in [0.05, 0.1) is 5.01 Å². The average molecular weight is 251 g/mol. The molecule has 0 aliphatic heterocycles. The number of hydrogen-bond acceptors (Lipinski definition) is 2. The maximum atomic E-state index is 4.69. The first-order valence-corrected chi connectivity index (χ1v) is 7.87. The van der Waals surface area contributed by atoms with E-state index in [-0.39, 0.29) is 0 Å². The van der Waals surface area contributed by atoms with Crippen molar-refractivity contribution in [2.75, 3.05) is 0 Å². The van der Waals surface area contributed by atoms with Gasteiger partial charge in [0, 0.05) is 17.0 Å². The first kappa shape index (κ1) is 13.1. The van der Waals surface area contributed by atoms with Crippen LogP contribution >= 0.6 is 11.3 Å². The summed E-state index contributed by atoms with van der Waals surface area (Å²) in [6, 6.07) is 0. The smallest absolute Gasteiger partial charge is 0.0959 e. The van der Waals surface area contributed by atoms with E-state index >= 15 is 0 Å². The zero-order valence-electron chi connectivity index (χ0n) is 11.5. The van der Waals surface area contributed by atoms with Crippen LogP contribution in [0.2, 0.25) is 0 Å². The molecule has 1 saturated carbocycles. The van der Waals surface area contributed by atoms with Gasteiger partial charge >= 0.3 is 0 Å². The zero-order valence-corrected chi connectivity index (χ0v) is 12.3. The van der Waals surface area contributed by atoms with Gasteiger partial charge in [-0.1, -0.05) is 33.1 Å². The monoisotopic (exact) mass is 251 g/mol. The summed E-state index contributed by atoms with van der Waals surface area (Å²) in [6.45, 7) is 6.97. The maximum absolute atomic E-state index is 4.69. The van der Waals surface area contributed by atoms with Crippen LogP contribution in [0.4, 0.5) is 0 Å². The summed E-state index contributed by atoms with van der Waals surface area (Å²) in [6.07, 6.45) is 9.63. The van der Waals surface area contributed by atoms with E-state index in [4.69, 9.17) is 4.98 Å². The van der Waals surface area contributed by atoms with Crippen molar-refractivity contribution in [1.29, 1.82) is 0 Å². The highest BCUT2D eigenvalue weighted by atomic mass is 32.1. The summed E-state index contributed by atoms with van der Waals surface area (Å²) in [5, 5.41) is 3.59. The number of hydrogen-bond donors (Lipinski definition) is 0. The van der Waals surface area contributed by atoms with E-state index in [2.05, 4.69) is 26.2 Å². The average Bonchev–Trinajstić information content (AvgIpc) is 2.69. The van der Waals surface area contributed by atoms with Gasteiger partial charge in [-0.05, 0) is 38.0 Å². The lowest BCUT2D eigenvalue weighted by atomic mass is 9.83. The van der Waals surface area contributed by atoms with Crippen molar-refractivity contribution in [2.45, 2.75) is 71.6 Å². The highest BCUT2D eigenvalue weighted by molar-refractivity contribution is 7.09. The molecule has 1 nitrogen and oxygen atoms in total. The molecule has 1 aromatic heterocycles. The molecule has 0 saturated heterocycles. The number of aromatic nitrogens is 1. The van der Waals surface area contributed by atoms with E-state index in [1.807, 2.05) is 11.3 Å². The lowest BCUT2D eigenvalue weighted by molar-refractivity contribution is 0.293. The molecule has 0 spiro atoms. The van der Waals surface area contributed by atoms with Gasteiger partial charge in [0.15, 0.2) is 0 Å². The third-order valence-corrected chi connectivity index (χ3v) is 5.17. The first-order chi connectivity index (χ1) is 8.07. The van der Waals surface area contributed by atoms with Crippen molar-refractivity contribution in [2.24, 2.45) is 5.41 Å². The molecule has 0 amide bonds. The second-order valence-electron chi connectivity index (χ2n) is 6.33. The van der Waals surface area contributed by atoms with Gasteiger partial charge in [0.1, 0.15) is 0 Å². The van der Waals surface area contributed by atoms with Crippen LogP contribution in [0.25, 0.3) is 0 Å². The lowest BCUT2D eigenvalue weighted by Gasteiger charge is -2.23. The van der Waals surface area contributed by atoms with Crippen LogP contribution in [0.5, 0.6) is 0 Å². The van der Waals surface area contributed by atoms with E-state index in [1.165, 1.54) is 55.6 Å². The van der Waals surface area contributed by atoms with Crippen molar-refractivity contribution in [3.8, 4) is 0 Å². The van der Waals surface area contributed by atoms with Crippen LogP contribution in [0.1, 0.15) is 75.4 Å². The van der Waals surface area contributed by atoms with Crippen LogP contribution in [-0.4, -0.2) is 4.98 Å². The largest absolute Gasteiger partial charge is 0.246 e. The summed E-state index contributed by atoms with van der Waals surface area (Å²) < 4.78 is 0. The van der Waals surface area contributed by atoms with Crippen molar-refractivity contribution in [1.82, 2.24) is 4.98 Å². The molecule has 0 aromatic carbocycles. The maximum Gasteiger partial charge on any atom is 0.0959 e. The minimum absolute atomic E-state index is 0.563. The molecular weight excluding hydrogens is 226 g/mol. The Bertz CT molecular complexity index is 354. The molecule has 1 fully saturated rings. The summed E-state index contributed by atoms with van der Waals surface area (Å²) in [5.74, 6) is 0.739. The quantitative estimate of drug-likeness (QED) is 0.659. The Morgan fingerprint density at radius 2 is 1.88 bits per heavy atom. The Morgan fingerprint density at radius 1 is 1.18 bits per heavy atom. The summed E-state index contributed by atoms with van der Waals surface area (Å²) in [5.41, 5.74) is 1.76. The van der Waals surface area contributed by atoms with Crippen LogP contribution in [0, 0.1) is 12.3 Å².